The Balaban J connectivity index is 2.94. The van der Waals surface area contributed by atoms with Crippen molar-refractivity contribution in [1.82, 2.24) is 4.98 Å². The van der Waals surface area contributed by atoms with Crippen LogP contribution in [0.25, 0.3) is 6.08 Å². The standard InChI is InChI=1S/C10H14N2/c1-8-6-9(2)10(12-7-8)4-3-5-11/h3-4,6-7H,5,11H2,1-2H3. The van der Waals surface area contributed by atoms with Crippen LogP contribution in [-0.2, 0) is 0 Å². The van der Waals surface area contributed by atoms with Crippen molar-refractivity contribution in [3.8, 4) is 0 Å². The van der Waals surface area contributed by atoms with Gasteiger partial charge in [-0.3, -0.25) is 4.98 Å². The predicted octanol–water partition coefficient (Wildman–Crippen LogP) is 1.67. The first-order valence-electron chi connectivity index (χ1n) is 4.04. The van der Waals surface area contributed by atoms with Gasteiger partial charge < -0.3 is 5.73 Å². The van der Waals surface area contributed by atoms with Gasteiger partial charge >= 0.3 is 0 Å². The van der Waals surface area contributed by atoms with Crippen molar-refractivity contribution < 1.29 is 0 Å². The van der Waals surface area contributed by atoms with Crippen LogP contribution in [0.15, 0.2) is 18.3 Å². The molecule has 1 aromatic rings. The van der Waals surface area contributed by atoms with E-state index in [1.54, 1.807) is 0 Å². The molecular weight excluding hydrogens is 148 g/mol. The van der Waals surface area contributed by atoms with E-state index in [0.29, 0.717) is 6.54 Å². The van der Waals surface area contributed by atoms with Crippen molar-refractivity contribution in [3.63, 3.8) is 0 Å². The van der Waals surface area contributed by atoms with Crippen molar-refractivity contribution in [1.29, 1.82) is 0 Å². The number of nitrogens with zero attached hydrogens (tertiary/aromatic N) is 1. The summed E-state index contributed by atoms with van der Waals surface area (Å²) in [6.45, 7) is 4.65. The van der Waals surface area contributed by atoms with E-state index in [1.165, 1.54) is 11.1 Å². The van der Waals surface area contributed by atoms with E-state index in [-0.39, 0.29) is 0 Å². The quantitative estimate of drug-likeness (QED) is 0.718. The van der Waals surface area contributed by atoms with Gasteiger partial charge in [0.25, 0.3) is 0 Å². The zero-order chi connectivity index (χ0) is 8.97. The van der Waals surface area contributed by atoms with E-state index >= 15 is 0 Å². The molecular formula is C10H14N2. The minimum atomic E-state index is 0.564. The zero-order valence-electron chi connectivity index (χ0n) is 7.54. The largest absolute Gasteiger partial charge is 0.327 e. The smallest absolute Gasteiger partial charge is 0.0656 e. The SMILES string of the molecule is Cc1cnc(C=CCN)c(C)c1. The highest BCUT2D eigenvalue weighted by molar-refractivity contribution is 5.49. The van der Waals surface area contributed by atoms with E-state index in [2.05, 4.69) is 18.0 Å². The molecule has 0 atom stereocenters. The van der Waals surface area contributed by atoms with Crippen LogP contribution in [0.3, 0.4) is 0 Å². The summed E-state index contributed by atoms with van der Waals surface area (Å²) >= 11 is 0. The molecule has 0 aliphatic heterocycles. The Morgan fingerprint density at radius 2 is 2.25 bits per heavy atom. The number of pyridine rings is 1. The molecule has 0 aliphatic rings. The molecule has 0 amide bonds. The summed E-state index contributed by atoms with van der Waals surface area (Å²) in [4.78, 5) is 4.27. The summed E-state index contributed by atoms with van der Waals surface area (Å²) in [7, 11) is 0. The van der Waals surface area contributed by atoms with Crippen LogP contribution in [0.5, 0.6) is 0 Å². The van der Waals surface area contributed by atoms with E-state index < -0.39 is 0 Å². The van der Waals surface area contributed by atoms with Gasteiger partial charge in [-0.05, 0) is 31.1 Å². The summed E-state index contributed by atoms with van der Waals surface area (Å²) in [6, 6.07) is 2.11. The summed E-state index contributed by atoms with van der Waals surface area (Å²) in [5.74, 6) is 0. The normalized spacial score (nSPS) is 10.9. The van der Waals surface area contributed by atoms with Gasteiger partial charge in [0, 0.05) is 12.7 Å². The number of hydrogen-bond donors (Lipinski definition) is 1. The van der Waals surface area contributed by atoms with Crippen LogP contribution < -0.4 is 5.73 Å². The first-order valence-corrected chi connectivity index (χ1v) is 4.04. The highest BCUT2D eigenvalue weighted by Gasteiger charge is 1.94. The lowest BCUT2D eigenvalue weighted by Gasteiger charge is -1.99. The Kier molecular flexibility index (Phi) is 3.00. The van der Waals surface area contributed by atoms with E-state index in [4.69, 9.17) is 5.73 Å². The second-order valence-corrected chi connectivity index (χ2v) is 2.85. The van der Waals surface area contributed by atoms with Gasteiger partial charge in [-0.25, -0.2) is 0 Å². The highest BCUT2D eigenvalue weighted by atomic mass is 14.7. The molecule has 0 radical (unpaired) electrons. The Hall–Kier alpha value is -1.15. The monoisotopic (exact) mass is 162 g/mol. The molecule has 2 N–H and O–H groups in total. The topological polar surface area (TPSA) is 38.9 Å². The predicted molar refractivity (Wildman–Crippen MR) is 51.8 cm³/mol. The molecule has 0 spiro atoms. The molecule has 0 aliphatic carbocycles. The number of aromatic nitrogens is 1. The number of hydrogen-bond acceptors (Lipinski definition) is 2. The van der Waals surface area contributed by atoms with Crippen LogP contribution in [0.2, 0.25) is 0 Å². The molecule has 0 unspecified atom stereocenters. The van der Waals surface area contributed by atoms with Crippen molar-refractivity contribution >= 4 is 6.08 Å². The van der Waals surface area contributed by atoms with Crippen molar-refractivity contribution in [3.05, 3.63) is 35.2 Å². The van der Waals surface area contributed by atoms with Gasteiger partial charge in [-0.2, -0.15) is 0 Å². The van der Waals surface area contributed by atoms with Gasteiger partial charge in [0.15, 0.2) is 0 Å². The van der Waals surface area contributed by atoms with Gasteiger partial charge in [0.05, 0.1) is 5.69 Å². The third-order valence-electron chi connectivity index (χ3n) is 1.67. The molecule has 1 rings (SSSR count). The fourth-order valence-corrected chi connectivity index (χ4v) is 1.08. The van der Waals surface area contributed by atoms with Crippen molar-refractivity contribution in [2.24, 2.45) is 5.73 Å². The average Bonchev–Trinajstić information content (AvgIpc) is 2.03. The minimum Gasteiger partial charge on any atom is -0.327 e. The summed E-state index contributed by atoms with van der Waals surface area (Å²) in [5, 5.41) is 0. The minimum absolute atomic E-state index is 0.564. The maximum Gasteiger partial charge on any atom is 0.0656 e. The Bertz CT molecular complexity index is 290. The number of nitrogens with two attached hydrogens (primary N) is 1. The molecule has 64 valence electrons. The molecule has 2 heteroatoms. The number of aryl methyl sites for hydroxylation is 2. The average molecular weight is 162 g/mol. The van der Waals surface area contributed by atoms with E-state index in [0.717, 1.165) is 5.69 Å². The van der Waals surface area contributed by atoms with E-state index in [9.17, 15) is 0 Å². The third-order valence-corrected chi connectivity index (χ3v) is 1.67. The summed E-state index contributed by atoms with van der Waals surface area (Å²) < 4.78 is 0. The summed E-state index contributed by atoms with van der Waals surface area (Å²) in [5.41, 5.74) is 8.73. The van der Waals surface area contributed by atoms with Crippen LogP contribution in [0, 0.1) is 13.8 Å². The van der Waals surface area contributed by atoms with Gasteiger partial charge in [0.2, 0.25) is 0 Å². The second kappa shape index (κ2) is 4.02. The maximum absolute atomic E-state index is 5.34. The molecule has 0 saturated heterocycles. The fourth-order valence-electron chi connectivity index (χ4n) is 1.08. The third kappa shape index (κ3) is 2.17. The van der Waals surface area contributed by atoms with E-state index in [1.807, 2.05) is 25.3 Å². The molecule has 0 saturated carbocycles. The van der Waals surface area contributed by atoms with Crippen LogP contribution in [0.1, 0.15) is 16.8 Å². The van der Waals surface area contributed by atoms with Gasteiger partial charge in [-0.1, -0.05) is 12.1 Å². The molecule has 0 fully saturated rings. The van der Waals surface area contributed by atoms with Crippen LogP contribution in [-0.4, -0.2) is 11.5 Å². The van der Waals surface area contributed by atoms with Crippen molar-refractivity contribution in [2.75, 3.05) is 6.54 Å². The molecule has 0 aromatic carbocycles. The second-order valence-electron chi connectivity index (χ2n) is 2.85. The fraction of sp³-hybridized carbons (Fsp3) is 0.300. The molecule has 2 nitrogen and oxygen atoms in total. The van der Waals surface area contributed by atoms with Crippen molar-refractivity contribution in [2.45, 2.75) is 13.8 Å². The lowest BCUT2D eigenvalue weighted by Crippen LogP contribution is -1.93. The molecule has 1 aromatic heterocycles. The Morgan fingerprint density at radius 1 is 1.50 bits per heavy atom. The Morgan fingerprint density at radius 3 is 2.83 bits per heavy atom. The van der Waals surface area contributed by atoms with Gasteiger partial charge in [-0.15, -0.1) is 0 Å². The summed E-state index contributed by atoms with van der Waals surface area (Å²) in [6.07, 6.45) is 5.72. The van der Waals surface area contributed by atoms with Crippen LogP contribution in [0.4, 0.5) is 0 Å². The van der Waals surface area contributed by atoms with Gasteiger partial charge in [0.1, 0.15) is 0 Å². The number of rotatable bonds is 2. The molecule has 0 bridgehead atoms. The lowest BCUT2D eigenvalue weighted by atomic mass is 10.1. The zero-order valence-corrected chi connectivity index (χ0v) is 7.54. The Labute approximate surface area is 73.1 Å². The highest BCUT2D eigenvalue weighted by Crippen LogP contribution is 2.07. The molecule has 12 heavy (non-hydrogen) atoms. The maximum atomic E-state index is 5.34. The lowest BCUT2D eigenvalue weighted by molar-refractivity contribution is 1.19. The first kappa shape index (κ1) is 8.94. The first-order chi connectivity index (χ1) is 5.74. The van der Waals surface area contributed by atoms with Crippen LogP contribution >= 0.6 is 0 Å². The molecule has 1 heterocycles.